The molecule has 6 rings (SSSR count). The Hall–Kier alpha value is -6.89. The summed E-state index contributed by atoms with van der Waals surface area (Å²) >= 11 is 0. The summed E-state index contributed by atoms with van der Waals surface area (Å²) < 4.78 is 14.2. The van der Waals surface area contributed by atoms with Crippen LogP contribution in [0.3, 0.4) is 0 Å². The second-order valence-electron chi connectivity index (χ2n) is 10.3. The van der Waals surface area contributed by atoms with E-state index in [4.69, 9.17) is 14.2 Å². The molecular weight excluding hydrogens is 626 g/mol. The lowest BCUT2D eigenvalue weighted by atomic mass is 10.1. The lowest BCUT2D eigenvalue weighted by molar-refractivity contribution is 0.0591. The number of anilines is 3. The Kier molecular flexibility index (Phi) is 9.33. The SMILES string of the molecule is COC(=O)c1cnc(-c2ccc(N(c3ccc(-c4ncc(C(=O)OC)cn4)cc3)c3ccc(-c4ncc(C(=O)OC)cn4)cc3)cc2)nc1. The van der Waals surface area contributed by atoms with E-state index in [2.05, 4.69) is 34.8 Å². The van der Waals surface area contributed by atoms with E-state index >= 15 is 0 Å². The van der Waals surface area contributed by atoms with Gasteiger partial charge in [-0.05, 0) is 72.8 Å². The van der Waals surface area contributed by atoms with Gasteiger partial charge in [-0.1, -0.05) is 0 Å². The van der Waals surface area contributed by atoms with Crippen molar-refractivity contribution in [2.75, 3.05) is 26.2 Å². The zero-order valence-electron chi connectivity index (χ0n) is 26.5. The van der Waals surface area contributed by atoms with Gasteiger partial charge in [-0.2, -0.15) is 0 Å². The molecule has 0 radical (unpaired) electrons. The average molecular weight is 654 g/mol. The van der Waals surface area contributed by atoms with Gasteiger partial charge in [0.05, 0.1) is 38.0 Å². The number of hydrogen-bond acceptors (Lipinski definition) is 13. The summed E-state index contributed by atoms with van der Waals surface area (Å²) in [6, 6.07) is 23.0. The number of rotatable bonds is 9. The van der Waals surface area contributed by atoms with Crippen LogP contribution in [-0.4, -0.2) is 69.1 Å². The van der Waals surface area contributed by atoms with Crippen LogP contribution in [0.2, 0.25) is 0 Å². The van der Waals surface area contributed by atoms with Gasteiger partial charge >= 0.3 is 17.9 Å². The number of hydrogen-bond donors (Lipinski definition) is 0. The molecule has 13 heteroatoms. The monoisotopic (exact) mass is 653 g/mol. The molecule has 13 nitrogen and oxygen atoms in total. The number of nitrogens with zero attached hydrogens (tertiary/aromatic N) is 7. The molecule has 0 aliphatic rings. The number of methoxy groups -OCH3 is 3. The minimum absolute atomic E-state index is 0.260. The molecular formula is C36H27N7O6. The van der Waals surface area contributed by atoms with Gasteiger partial charge in [-0.15, -0.1) is 0 Å². The molecule has 3 aromatic carbocycles. The fourth-order valence-corrected chi connectivity index (χ4v) is 4.83. The number of aromatic nitrogens is 6. The Labute approximate surface area is 280 Å². The van der Waals surface area contributed by atoms with E-state index in [1.54, 1.807) is 0 Å². The fourth-order valence-electron chi connectivity index (χ4n) is 4.83. The standard InChI is InChI=1S/C36H27N7O6/c1-47-34(44)25-16-37-31(38-17-25)22-4-10-28(11-5-22)43(29-12-6-23(7-13-29)32-39-18-26(19-40-32)35(45)48-2)30-14-8-24(9-15-30)33-41-20-27(21-42-33)36(46)49-3/h4-21H,1-3H3. The number of esters is 3. The molecule has 0 amide bonds. The van der Waals surface area contributed by atoms with Gasteiger partial charge in [-0.25, -0.2) is 44.3 Å². The van der Waals surface area contributed by atoms with Crippen molar-refractivity contribution in [2.45, 2.75) is 0 Å². The smallest absolute Gasteiger partial charge is 0.341 e. The minimum Gasteiger partial charge on any atom is -0.465 e. The summed E-state index contributed by atoms with van der Waals surface area (Å²) in [6.45, 7) is 0. The van der Waals surface area contributed by atoms with Crippen LogP contribution in [-0.2, 0) is 14.2 Å². The molecule has 6 aromatic rings. The van der Waals surface area contributed by atoms with Gasteiger partial charge in [0.2, 0.25) is 0 Å². The third-order valence-electron chi connectivity index (χ3n) is 7.37. The minimum atomic E-state index is -0.510. The first-order valence-electron chi connectivity index (χ1n) is 14.7. The van der Waals surface area contributed by atoms with Gasteiger partial charge in [0, 0.05) is 70.9 Å². The second-order valence-corrected chi connectivity index (χ2v) is 10.3. The maximum absolute atomic E-state index is 11.8. The summed E-state index contributed by atoms with van der Waals surface area (Å²) in [5.41, 5.74) is 5.57. The molecule has 0 aliphatic carbocycles. The van der Waals surface area contributed by atoms with E-state index in [0.29, 0.717) is 17.5 Å². The van der Waals surface area contributed by atoms with Crippen molar-refractivity contribution >= 4 is 35.0 Å². The van der Waals surface area contributed by atoms with Crippen molar-refractivity contribution in [3.8, 4) is 34.2 Å². The van der Waals surface area contributed by atoms with Crippen LogP contribution < -0.4 is 4.90 Å². The van der Waals surface area contributed by atoms with E-state index in [0.717, 1.165) is 33.8 Å². The Morgan fingerprint density at radius 1 is 0.408 bits per heavy atom. The van der Waals surface area contributed by atoms with Crippen LogP contribution in [0.25, 0.3) is 34.2 Å². The Balaban J connectivity index is 1.32. The summed E-state index contributed by atoms with van der Waals surface area (Å²) in [7, 11) is 3.91. The van der Waals surface area contributed by atoms with Gasteiger partial charge in [0.1, 0.15) is 0 Å². The first-order chi connectivity index (χ1) is 23.9. The maximum atomic E-state index is 11.8. The van der Waals surface area contributed by atoms with E-state index < -0.39 is 17.9 Å². The zero-order chi connectivity index (χ0) is 34.3. The fraction of sp³-hybridized carbons (Fsp3) is 0.0833. The average Bonchev–Trinajstić information content (AvgIpc) is 3.18. The van der Waals surface area contributed by atoms with Gasteiger partial charge in [0.15, 0.2) is 17.5 Å². The molecule has 49 heavy (non-hydrogen) atoms. The highest BCUT2D eigenvalue weighted by Gasteiger charge is 2.16. The van der Waals surface area contributed by atoms with Gasteiger partial charge in [0.25, 0.3) is 0 Å². The molecule has 3 aromatic heterocycles. The molecule has 3 heterocycles. The topological polar surface area (TPSA) is 159 Å². The summed E-state index contributed by atoms with van der Waals surface area (Å²) in [6.07, 6.45) is 8.56. The molecule has 0 saturated carbocycles. The Morgan fingerprint density at radius 3 is 0.837 bits per heavy atom. The number of carbonyl (C=O) groups is 3. The highest BCUT2D eigenvalue weighted by atomic mass is 16.5. The molecule has 0 unspecified atom stereocenters. The van der Waals surface area contributed by atoms with Gasteiger partial charge < -0.3 is 19.1 Å². The molecule has 0 aliphatic heterocycles. The first kappa shape index (κ1) is 32.1. The first-order valence-corrected chi connectivity index (χ1v) is 14.7. The quantitative estimate of drug-likeness (QED) is 0.134. The van der Waals surface area contributed by atoms with Gasteiger partial charge in [-0.3, -0.25) is 0 Å². The normalized spacial score (nSPS) is 10.6. The number of ether oxygens (including phenoxy) is 3. The summed E-state index contributed by atoms with van der Waals surface area (Å²) in [5.74, 6) is -0.167. The van der Waals surface area contributed by atoms with Crippen LogP contribution in [0.4, 0.5) is 17.1 Å². The predicted molar refractivity (Wildman–Crippen MR) is 178 cm³/mol. The van der Waals surface area contributed by atoms with Crippen LogP contribution in [0.1, 0.15) is 31.1 Å². The summed E-state index contributed by atoms with van der Waals surface area (Å²) in [4.78, 5) is 63.4. The molecule has 0 saturated heterocycles. The third-order valence-corrected chi connectivity index (χ3v) is 7.37. The maximum Gasteiger partial charge on any atom is 0.341 e. The second kappa shape index (κ2) is 14.3. The van der Waals surface area contributed by atoms with Crippen molar-refractivity contribution in [1.82, 2.24) is 29.9 Å². The molecule has 0 fully saturated rings. The lowest BCUT2D eigenvalue weighted by Gasteiger charge is -2.26. The lowest BCUT2D eigenvalue weighted by Crippen LogP contribution is -2.10. The Bertz CT molecular complexity index is 1840. The van der Waals surface area contributed by atoms with E-state index in [9.17, 15) is 14.4 Å². The Morgan fingerprint density at radius 2 is 0.633 bits per heavy atom. The van der Waals surface area contributed by atoms with Crippen LogP contribution >= 0.6 is 0 Å². The van der Waals surface area contributed by atoms with Crippen LogP contribution in [0, 0.1) is 0 Å². The molecule has 242 valence electrons. The van der Waals surface area contributed by atoms with Crippen molar-refractivity contribution in [2.24, 2.45) is 0 Å². The number of carbonyl (C=O) groups excluding carboxylic acids is 3. The van der Waals surface area contributed by atoms with Crippen molar-refractivity contribution in [3.63, 3.8) is 0 Å². The van der Waals surface area contributed by atoms with E-state index in [-0.39, 0.29) is 16.7 Å². The third kappa shape index (κ3) is 6.95. The van der Waals surface area contributed by atoms with E-state index in [1.165, 1.54) is 58.5 Å². The van der Waals surface area contributed by atoms with Crippen molar-refractivity contribution in [1.29, 1.82) is 0 Å². The largest absolute Gasteiger partial charge is 0.465 e. The molecule has 0 spiro atoms. The number of benzene rings is 3. The summed E-state index contributed by atoms with van der Waals surface area (Å²) in [5, 5.41) is 0. The van der Waals surface area contributed by atoms with Crippen LogP contribution in [0.5, 0.6) is 0 Å². The van der Waals surface area contributed by atoms with E-state index in [1.807, 2.05) is 72.8 Å². The predicted octanol–water partition coefficient (Wildman–Crippen LogP) is 5.89. The zero-order valence-corrected chi connectivity index (χ0v) is 26.5. The van der Waals surface area contributed by atoms with Crippen molar-refractivity contribution in [3.05, 3.63) is 127 Å². The molecule has 0 bridgehead atoms. The molecule has 0 atom stereocenters. The van der Waals surface area contributed by atoms with Crippen molar-refractivity contribution < 1.29 is 28.6 Å². The highest BCUT2D eigenvalue weighted by molar-refractivity contribution is 5.90. The van der Waals surface area contributed by atoms with Crippen LogP contribution in [0.15, 0.2) is 110 Å². The molecule has 0 N–H and O–H groups in total. The highest BCUT2D eigenvalue weighted by Crippen LogP contribution is 2.37.